The van der Waals surface area contributed by atoms with Gasteiger partial charge in [0, 0.05) is 54.6 Å². The predicted octanol–water partition coefficient (Wildman–Crippen LogP) is 6.30. The van der Waals surface area contributed by atoms with Gasteiger partial charge in [0.2, 0.25) is 0 Å². The number of hydrogen-bond acceptors (Lipinski definition) is 4. The quantitative estimate of drug-likeness (QED) is 0.275. The van der Waals surface area contributed by atoms with Crippen LogP contribution in [0.15, 0.2) is 66.7 Å². The van der Waals surface area contributed by atoms with Crippen molar-refractivity contribution in [2.75, 3.05) is 26.2 Å². The molecule has 1 aliphatic rings. The molecule has 7 heteroatoms. The molecule has 0 N–H and O–H groups in total. The first-order valence-corrected chi connectivity index (χ1v) is 13.8. The van der Waals surface area contributed by atoms with Gasteiger partial charge in [-0.05, 0) is 80.8 Å². The van der Waals surface area contributed by atoms with Gasteiger partial charge in [-0.3, -0.25) is 9.69 Å². The van der Waals surface area contributed by atoms with Gasteiger partial charge in [-0.2, -0.15) is 5.10 Å². The van der Waals surface area contributed by atoms with E-state index in [2.05, 4.69) is 30.9 Å². The zero-order chi connectivity index (χ0) is 27.5. The Balaban J connectivity index is 1.15. The minimum Gasteiger partial charge on any atom is -0.489 e. The molecule has 2 heterocycles. The van der Waals surface area contributed by atoms with E-state index >= 15 is 0 Å². The van der Waals surface area contributed by atoms with Crippen molar-refractivity contribution in [3.05, 3.63) is 111 Å². The molecule has 0 aliphatic carbocycles. The Morgan fingerprint density at radius 3 is 2.18 bits per heavy atom. The Labute approximate surface area is 235 Å². The SMILES string of the molecule is Cc1cc(OCc2ccc(C(=O)N3CCN(Cc4c(C)nn(-c5ccccc5)c4C)CC3)cc2)cc(C)c1Cl. The molecule has 0 bridgehead atoms. The van der Waals surface area contributed by atoms with Crippen LogP contribution >= 0.6 is 11.6 Å². The fraction of sp³-hybridized carbons (Fsp3) is 0.312. The lowest BCUT2D eigenvalue weighted by atomic mass is 10.1. The maximum absolute atomic E-state index is 13.2. The fourth-order valence-corrected chi connectivity index (χ4v) is 5.25. The van der Waals surface area contributed by atoms with Crippen LogP contribution in [0.25, 0.3) is 5.69 Å². The molecule has 1 fully saturated rings. The second-order valence-corrected chi connectivity index (χ2v) is 10.7. The molecule has 6 nitrogen and oxygen atoms in total. The third kappa shape index (κ3) is 6.02. The van der Waals surface area contributed by atoms with Gasteiger partial charge in [0.1, 0.15) is 12.4 Å². The molecule has 5 rings (SSSR count). The lowest BCUT2D eigenvalue weighted by molar-refractivity contribution is 0.0628. The monoisotopic (exact) mass is 542 g/mol. The van der Waals surface area contributed by atoms with Crippen molar-refractivity contribution in [1.82, 2.24) is 19.6 Å². The lowest BCUT2D eigenvalue weighted by Gasteiger charge is -2.34. The van der Waals surface area contributed by atoms with Gasteiger partial charge in [-0.25, -0.2) is 4.68 Å². The Kier molecular flexibility index (Phi) is 8.05. The smallest absolute Gasteiger partial charge is 0.253 e. The predicted molar refractivity (Wildman–Crippen MR) is 156 cm³/mol. The normalized spacial score (nSPS) is 14.0. The maximum Gasteiger partial charge on any atom is 0.253 e. The number of ether oxygens (including phenoxy) is 1. The van der Waals surface area contributed by atoms with Crippen LogP contribution in [0.2, 0.25) is 5.02 Å². The van der Waals surface area contributed by atoms with Crippen molar-refractivity contribution < 1.29 is 9.53 Å². The molecule has 0 spiro atoms. The summed E-state index contributed by atoms with van der Waals surface area (Å²) in [6.45, 7) is 12.5. The van der Waals surface area contributed by atoms with Crippen LogP contribution in [0.4, 0.5) is 0 Å². The third-order valence-electron chi connectivity index (χ3n) is 7.50. The molecule has 0 saturated carbocycles. The van der Waals surface area contributed by atoms with Crippen molar-refractivity contribution in [2.24, 2.45) is 0 Å². The summed E-state index contributed by atoms with van der Waals surface area (Å²) in [5.41, 5.74) is 8.29. The minimum absolute atomic E-state index is 0.0790. The van der Waals surface area contributed by atoms with E-state index in [-0.39, 0.29) is 5.91 Å². The number of carbonyl (C=O) groups is 1. The largest absolute Gasteiger partial charge is 0.489 e. The number of hydrogen-bond donors (Lipinski definition) is 0. The maximum atomic E-state index is 13.2. The van der Waals surface area contributed by atoms with Crippen molar-refractivity contribution >= 4 is 17.5 Å². The molecule has 0 atom stereocenters. The number of rotatable bonds is 7. The van der Waals surface area contributed by atoms with Gasteiger partial charge < -0.3 is 9.64 Å². The molecule has 1 aromatic heterocycles. The van der Waals surface area contributed by atoms with E-state index in [0.29, 0.717) is 25.3 Å². The van der Waals surface area contributed by atoms with E-state index in [4.69, 9.17) is 21.4 Å². The topological polar surface area (TPSA) is 50.6 Å². The molecule has 0 radical (unpaired) electrons. The number of aromatic nitrogens is 2. The van der Waals surface area contributed by atoms with Gasteiger partial charge in [-0.15, -0.1) is 0 Å². The van der Waals surface area contributed by atoms with E-state index in [0.717, 1.165) is 58.5 Å². The summed E-state index contributed by atoms with van der Waals surface area (Å²) in [4.78, 5) is 17.5. The Morgan fingerprint density at radius 2 is 1.54 bits per heavy atom. The number of carbonyl (C=O) groups excluding carboxylic acids is 1. The first kappa shape index (κ1) is 27.0. The Morgan fingerprint density at radius 1 is 0.897 bits per heavy atom. The summed E-state index contributed by atoms with van der Waals surface area (Å²) in [6.07, 6.45) is 0. The number of halogens is 1. The summed E-state index contributed by atoms with van der Waals surface area (Å²) >= 11 is 6.26. The minimum atomic E-state index is 0.0790. The van der Waals surface area contributed by atoms with Crippen LogP contribution in [0.3, 0.4) is 0 Å². The van der Waals surface area contributed by atoms with Gasteiger partial charge in [-0.1, -0.05) is 41.9 Å². The van der Waals surface area contributed by atoms with E-state index in [9.17, 15) is 4.79 Å². The highest BCUT2D eigenvalue weighted by molar-refractivity contribution is 6.32. The molecule has 1 amide bonds. The summed E-state index contributed by atoms with van der Waals surface area (Å²) < 4.78 is 7.99. The average Bonchev–Trinajstić information content (AvgIpc) is 3.24. The number of piperazine rings is 1. The van der Waals surface area contributed by atoms with Crippen LogP contribution in [-0.4, -0.2) is 51.7 Å². The van der Waals surface area contributed by atoms with Crippen LogP contribution in [0.1, 0.15) is 44.0 Å². The Hall–Kier alpha value is -3.61. The molecule has 1 saturated heterocycles. The number of amides is 1. The van der Waals surface area contributed by atoms with Gasteiger partial charge in [0.25, 0.3) is 5.91 Å². The average molecular weight is 543 g/mol. The summed E-state index contributed by atoms with van der Waals surface area (Å²) in [7, 11) is 0. The zero-order valence-corrected chi connectivity index (χ0v) is 23.8. The zero-order valence-electron chi connectivity index (χ0n) is 23.1. The van der Waals surface area contributed by atoms with Crippen LogP contribution in [-0.2, 0) is 13.2 Å². The lowest BCUT2D eigenvalue weighted by Crippen LogP contribution is -2.48. The number of benzene rings is 3. The standard InChI is InChI=1S/C32H35ClN4O2/c1-22-18-29(19-23(2)31(22)33)39-21-26-10-12-27(13-11-26)32(38)36-16-14-35(15-17-36)20-30-24(3)34-37(25(30)4)28-8-6-5-7-9-28/h5-13,18-19H,14-17,20-21H2,1-4H3. The van der Waals surface area contributed by atoms with Crippen LogP contribution < -0.4 is 4.74 Å². The second-order valence-electron chi connectivity index (χ2n) is 10.3. The summed E-state index contributed by atoms with van der Waals surface area (Å²) in [5, 5.41) is 5.56. The molecule has 1 aliphatic heterocycles. The van der Waals surface area contributed by atoms with Gasteiger partial charge in [0.05, 0.1) is 11.4 Å². The van der Waals surface area contributed by atoms with Crippen molar-refractivity contribution in [3.8, 4) is 11.4 Å². The van der Waals surface area contributed by atoms with Gasteiger partial charge >= 0.3 is 0 Å². The van der Waals surface area contributed by atoms with E-state index in [1.807, 2.05) is 78.0 Å². The van der Waals surface area contributed by atoms with Crippen LogP contribution in [0, 0.1) is 27.7 Å². The second kappa shape index (κ2) is 11.6. The first-order chi connectivity index (χ1) is 18.8. The number of nitrogens with zero attached hydrogens (tertiary/aromatic N) is 4. The molecular formula is C32H35ClN4O2. The fourth-order valence-electron chi connectivity index (χ4n) is 5.14. The van der Waals surface area contributed by atoms with Crippen molar-refractivity contribution in [2.45, 2.75) is 40.8 Å². The highest BCUT2D eigenvalue weighted by Gasteiger charge is 2.24. The number of para-hydroxylation sites is 1. The molecular weight excluding hydrogens is 508 g/mol. The molecule has 0 unspecified atom stereocenters. The summed E-state index contributed by atoms with van der Waals surface area (Å²) in [6, 6.07) is 21.9. The molecule has 39 heavy (non-hydrogen) atoms. The highest BCUT2D eigenvalue weighted by Crippen LogP contribution is 2.26. The molecule has 4 aromatic rings. The third-order valence-corrected chi connectivity index (χ3v) is 8.10. The van der Waals surface area contributed by atoms with E-state index in [1.54, 1.807) is 0 Å². The highest BCUT2D eigenvalue weighted by atomic mass is 35.5. The van der Waals surface area contributed by atoms with Crippen molar-refractivity contribution in [1.29, 1.82) is 0 Å². The van der Waals surface area contributed by atoms with E-state index in [1.165, 1.54) is 11.3 Å². The first-order valence-electron chi connectivity index (χ1n) is 13.4. The van der Waals surface area contributed by atoms with E-state index < -0.39 is 0 Å². The molecule has 3 aromatic carbocycles. The molecule has 202 valence electrons. The van der Waals surface area contributed by atoms with Gasteiger partial charge in [0.15, 0.2) is 0 Å². The number of aryl methyl sites for hydroxylation is 3. The van der Waals surface area contributed by atoms with Crippen molar-refractivity contribution in [3.63, 3.8) is 0 Å². The Bertz CT molecular complexity index is 1430. The van der Waals surface area contributed by atoms with Crippen LogP contribution in [0.5, 0.6) is 5.75 Å². The summed E-state index contributed by atoms with van der Waals surface area (Å²) in [5.74, 6) is 0.876.